The van der Waals surface area contributed by atoms with E-state index >= 15 is 0 Å². The lowest BCUT2D eigenvalue weighted by molar-refractivity contribution is -0.615. The predicted octanol–water partition coefficient (Wildman–Crippen LogP) is 4.71. The number of hydrogen-bond acceptors (Lipinski definition) is 9. The van der Waals surface area contributed by atoms with Crippen molar-refractivity contribution >= 4 is 23.2 Å². The van der Waals surface area contributed by atoms with Crippen LogP contribution < -0.4 is 19.5 Å². The second-order valence-electron chi connectivity index (χ2n) is 9.77. The molecule has 0 spiro atoms. The van der Waals surface area contributed by atoms with Gasteiger partial charge in [0.2, 0.25) is 11.4 Å². The Bertz CT molecular complexity index is 1720. The first-order valence-electron chi connectivity index (χ1n) is 13.9. The molecule has 0 unspecified atom stereocenters. The van der Waals surface area contributed by atoms with Crippen LogP contribution in [0.25, 0.3) is 10.6 Å². The quantitative estimate of drug-likeness (QED) is 0.0874. The number of hydrogen-bond donors (Lipinski definition) is 1. The summed E-state index contributed by atoms with van der Waals surface area (Å²) in [4.78, 5) is 29.5. The van der Waals surface area contributed by atoms with Crippen molar-refractivity contribution in [2.24, 2.45) is 0 Å². The molecule has 0 aliphatic carbocycles. The topological polar surface area (TPSA) is 132 Å². The molecular formula is C32H31N5O6S. The van der Waals surface area contributed by atoms with Crippen molar-refractivity contribution in [3.8, 4) is 22.1 Å². The summed E-state index contributed by atoms with van der Waals surface area (Å²) < 4.78 is 19.2. The molecule has 0 fully saturated rings. The van der Waals surface area contributed by atoms with E-state index in [1.54, 1.807) is 17.8 Å². The fourth-order valence-corrected chi connectivity index (χ4v) is 5.15. The van der Waals surface area contributed by atoms with Gasteiger partial charge in [0.05, 0.1) is 25.6 Å². The van der Waals surface area contributed by atoms with E-state index in [2.05, 4.69) is 15.4 Å². The summed E-state index contributed by atoms with van der Waals surface area (Å²) in [7, 11) is 1.33. The molecule has 226 valence electrons. The Kier molecular flexibility index (Phi) is 9.82. The van der Waals surface area contributed by atoms with Crippen molar-refractivity contribution in [3.05, 3.63) is 118 Å². The third-order valence-corrected chi connectivity index (χ3v) is 7.69. The first-order chi connectivity index (χ1) is 21.4. The molecule has 0 radical (unpaired) electrons. The summed E-state index contributed by atoms with van der Waals surface area (Å²) in [6, 6.07) is 20.6. The minimum absolute atomic E-state index is 0.0934. The second-order valence-corrected chi connectivity index (χ2v) is 10.8. The Morgan fingerprint density at radius 3 is 2.36 bits per heavy atom. The van der Waals surface area contributed by atoms with Gasteiger partial charge >= 0.3 is 11.9 Å². The summed E-state index contributed by atoms with van der Waals surface area (Å²) in [5.74, 6) is -0.372. The minimum atomic E-state index is -0.526. The number of thiazole rings is 1. The summed E-state index contributed by atoms with van der Waals surface area (Å²) in [6.07, 6.45) is 5.52. The van der Waals surface area contributed by atoms with Crippen molar-refractivity contribution in [2.45, 2.75) is 33.1 Å². The number of rotatable bonds is 13. The summed E-state index contributed by atoms with van der Waals surface area (Å²) in [5.41, 5.74) is 2.77. The highest BCUT2D eigenvalue weighted by Gasteiger charge is 2.26. The number of carbonyl (C=O) groups excluding carboxylic acids is 2. The minimum Gasteiger partial charge on any atom is -0.618 e. The lowest BCUT2D eigenvalue weighted by Crippen LogP contribution is -2.42. The van der Waals surface area contributed by atoms with Crippen LogP contribution in [-0.2, 0) is 24.5 Å². The fourth-order valence-electron chi connectivity index (χ4n) is 4.34. The van der Waals surface area contributed by atoms with Gasteiger partial charge in [0, 0.05) is 31.8 Å². The van der Waals surface area contributed by atoms with Crippen molar-refractivity contribution in [3.63, 3.8) is 0 Å². The maximum absolute atomic E-state index is 13.2. The maximum atomic E-state index is 13.2. The Labute approximate surface area is 258 Å². The number of esters is 1. The molecule has 5 aromatic rings. The average Bonchev–Trinajstić information content (AvgIpc) is 3.74. The molecule has 0 aliphatic rings. The first kappa shape index (κ1) is 30.2. The van der Waals surface area contributed by atoms with E-state index in [-0.39, 0.29) is 30.4 Å². The Balaban J connectivity index is 1.23. The van der Waals surface area contributed by atoms with E-state index in [0.717, 1.165) is 16.7 Å². The van der Waals surface area contributed by atoms with Crippen molar-refractivity contribution < 1.29 is 28.5 Å². The van der Waals surface area contributed by atoms with Crippen LogP contribution in [0.5, 0.6) is 11.5 Å². The molecule has 1 N–H and O–H groups in total. The zero-order valence-corrected chi connectivity index (χ0v) is 25.1. The number of aromatic nitrogens is 4. The van der Waals surface area contributed by atoms with E-state index < -0.39 is 11.9 Å². The Hall–Kier alpha value is -5.23. The van der Waals surface area contributed by atoms with E-state index in [1.807, 2.05) is 66.9 Å². The summed E-state index contributed by atoms with van der Waals surface area (Å²) >= 11 is 1.22. The highest BCUT2D eigenvalue weighted by Crippen LogP contribution is 2.32. The number of nitrogens with one attached hydrogen (secondary N) is 1. The number of carbonyl (C=O) groups is 2. The zero-order chi connectivity index (χ0) is 30.9. The molecule has 0 aliphatic heterocycles. The number of benzene rings is 2. The molecule has 1 amide bonds. The number of ether oxygens (including phenoxy) is 3. The van der Waals surface area contributed by atoms with E-state index in [4.69, 9.17) is 14.2 Å². The smallest absolute Gasteiger partial charge is 0.349 e. The molecule has 12 heteroatoms. The number of aryl methyl sites for hydroxylation is 1. The SMILES string of the molecule is COC(=O)c1cnc(-c2cnn(CCCNC(=O)c3cc(OCc4ccccc4)c(OCc4ccccc4)c(C)[n+]3[O-])c2)s1. The lowest BCUT2D eigenvalue weighted by atomic mass is 10.2. The van der Waals surface area contributed by atoms with Gasteiger partial charge in [0.15, 0.2) is 5.75 Å². The van der Waals surface area contributed by atoms with E-state index in [1.165, 1.54) is 30.7 Å². The van der Waals surface area contributed by atoms with Gasteiger partial charge in [-0.25, -0.2) is 9.78 Å². The van der Waals surface area contributed by atoms with Gasteiger partial charge in [-0.15, -0.1) is 11.3 Å². The maximum Gasteiger partial charge on any atom is 0.349 e. The monoisotopic (exact) mass is 613 g/mol. The largest absolute Gasteiger partial charge is 0.618 e. The molecule has 11 nitrogen and oxygen atoms in total. The number of amides is 1. The summed E-state index contributed by atoms with van der Waals surface area (Å²) in [6.45, 7) is 2.90. The van der Waals surface area contributed by atoms with Crippen LogP contribution in [0.3, 0.4) is 0 Å². The van der Waals surface area contributed by atoms with Crippen LogP contribution in [0.1, 0.15) is 43.4 Å². The molecule has 3 aromatic heterocycles. The van der Waals surface area contributed by atoms with Crippen LogP contribution >= 0.6 is 11.3 Å². The van der Waals surface area contributed by atoms with Gasteiger partial charge < -0.3 is 24.7 Å². The van der Waals surface area contributed by atoms with Gasteiger partial charge in [0.1, 0.15) is 23.1 Å². The molecule has 5 rings (SSSR count). The third kappa shape index (κ3) is 7.39. The van der Waals surface area contributed by atoms with Crippen molar-refractivity contribution in [1.82, 2.24) is 20.1 Å². The van der Waals surface area contributed by atoms with Gasteiger partial charge in [-0.1, -0.05) is 60.7 Å². The predicted molar refractivity (Wildman–Crippen MR) is 163 cm³/mol. The first-order valence-corrected chi connectivity index (χ1v) is 14.7. The molecule has 0 bridgehead atoms. The van der Waals surface area contributed by atoms with Gasteiger partial charge in [-0.2, -0.15) is 9.83 Å². The lowest BCUT2D eigenvalue weighted by Gasteiger charge is -2.17. The molecule has 3 heterocycles. The van der Waals surface area contributed by atoms with Crippen LogP contribution in [-0.4, -0.2) is 40.3 Å². The van der Waals surface area contributed by atoms with Crippen molar-refractivity contribution in [1.29, 1.82) is 0 Å². The van der Waals surface area contributed by atoms with Gasteiger partial charge in [0.25, 0.3) is 5.69 Å². The Morgan fingerprint density at radius 2 is 1.68 bits per heavy atom. The van der Waals surface area contributed by atoms with Crippen LogP contribution in [0, 0.1) is 12.1 Å². The van der Waals surface area contributed by atoms with Crippen LogP contribution in [0.15, 0.2) is 85.3 Å². The Morgan fingerprint density at radius 1 is 1.00 bits per heavy atom. The highest BCUT2D eigenvalue weighted by atomic mass is 32.1. The average molecular weight is 614 g/mol. The fraction of sp³-hybridized carbons (Fsp3) is 0.219. The summed E-state index contributed by atoms with van der Waals surface area (Å²) in [5, 5.41) is 21.0. The number of methoxy groups -OCH3 is 1. The zero-order valence-electron chi connectivity index (χ0n) is 24.3. The van der Waals surface area contributed by atoms with Crippen LogP contribution in [0.2, 0.25) is 0 Å². The molecule has 0 atom stereocenters. The normalized spacial score (nSPS) is 10.8. The van der Waals surface area contributed by atoms with E-state index in [9.17, 15) is 14.8 Å². The highest BCUT2D eigenvalue weighted by molar-refractivity contribution is 7.16. The van der Waals surface area contributed by atoms with E-state index in [0.29, 0.717) is 39.9 Å². The molecular weight excluding hydrogens is 582 g/mol. The molecule has 2 aromatic carbocycles. The molecule has 0 saturated heterocycles. The molecule has 44 heavy (non-hydrogen) atoms. The standard InChI is InChI=1S/C32H31N5O6S/c1-22-29(43-21-24-12-7-4-8-13-24)27(42-20-23-10-5-3-6-11-23)16-26(37(22)40)30(38)33-14-9-15-36-19-25(17-35-36)31-34-18-28(44-31)32(39)41-2/h3-8,10-13,16-19H,9,14-15,20-21H2,1-2H3,(H,33,38). The molecule has 0 saturated carbocycles. The van der Waals surface area contributed by atoms with Gasteiger partial charge in [-0.05, 0) is 17.5 Å². The van der Waals surface area contributed by atoms with Crippen molar-refractivity contribution in [2.75, 3.05) is 13.7 Å². The second kappa shape index (κ2) is 14.3. The van der Waals surface area contributed by atoms with Crippen LogP contribution in [0.4, 0.5) is 0 Å². The van der Waals surface area contributed by atoms with Gasteiger partial charge in [-0.3, -0.25) is 9.48 Å². The number of nitrogens with zero attached hydrogens (tertiary/aromatic N) is 4. The third-order valence-electron chi connectivity index (χ3n) is 6.66. The number of pyridine rings is 1.